The summed E-state index contributed by atoms with van der Waals surface area (Å²) in [6.07, 6.45) is 0. The van der Waals surface area contributed by atoms with Crippen molar-refractivity contribution >= 4 is 22.6 Å². The number of aromatic hydroxyl groups is 1. The number of hydrogen-bond donors (Lipinski definition) is 4. The van der Waals surface area contributed by atoms with Crippen LogP contribution in [0.25, 0.3) is 10.9 Å². The number of H-pyrrole nitrogens is 1. The molecule has 1 aromatic carbocycles. The quantitative estimate of drug-likeness (QED) is 0.558. The highest BCUT2D eigenvalue weighted by molar-refractivity contribution is 6.07. The second-order valence-electron chi connectivity index (χ2n) is 3.28. The van der Waals surface area contributed by atoms with Crippen LogP contribution < -0.4 is 11.3 Å². The molecular weight excluding hydrogens is 212 g/mol. The highest BCUT2D eigenvalue weighted by atomic mass is 16.4. The Bertz CT molecular complexity index is 645. The Hall–Kier alpha value is -2.50. The maximum Gasteiger partial charge on any atom is 0.338 e. The second-order valence-corrected chi connectivity index (χ2v) is 3.28. The van der Waals surface area contributed by atoms with E-state index in [4.69, 9.17) is 10.8 Å². The van der Waals surface area contributed by atoms with E-state index in [1.807, 2.05) is 0 Å². The first-order valence-electron chi connectivity index (χ1n) is 4.38. The van der Waals surface area contributed by atoms with Crippen molar-refractivity contribution < 1.29 is 15.0 Å². The van der Waals surface area contributed by atoms with Crippen LogP contribution in [0.4, 0.5) is 5.69 Å². The van der Waals surface area contributed by atoms with Gasteiger partial charge in [-0.15, -0.1) is 0 Å². The van der Waals surface area contributed by atoms with Gasteiger partial charge in [-0.25, -0.2) is 4.79 Å². The predicted octanol–water partition coefficient (Wildman–Crippen LogP) is 0.514. The van der Waals surface area contributed by atoms with Gasteiger partial charge in [-0.05, 0) is 18.2 Å². The summed E-state index contributed by atoms with van der Waals surface area (Å²) in [6.45, 7) is 0. The number of anilines is 1. The van der Waals surface area contributed by atoms with Crippen molar-refractivity contribution in [1.29, 1.82) is 0 Å². The zero-order chi connectivity index (χ0) is 11.9. The summed E-state index contributed by atoms with van der Waals surface area (Å²) in [4.78, 5) is 24.7. The standard InChI is InChI=1S/C10H8N2O4/c11-8-7(10(15)16)5-3-4(13)1-2-6(5)12-9(8)14/h1-3,13H,11H2,(H,12,14)(H,15,16). The lowest BCUT2D eigenvalue weighted by molar-refractivity contribution is 0.0700. The molecule has 0 atom stereocenters. The van der Waals surface area contributed by atoms with Crippen LogP contribution in [-0.4, -0.2) is 21.2 Å². The average Bonchev–Trinajstić information content (AvgIpc) is 2.20. The first-order valence-corrected chi connectivity index (χ1v) is 4.38. The highest BCUT2D eigenvalue weighted by Gasteiger charge is 2.16. The fraction of sp³-hybridized carbons (Fsp3) is 0. The Morgan fingerprint density at radius 2 is 2.06 bits per heavy atom. The Kier molecular flexibility index (Phi) is 2.05. The molecule has 82 valence electrons. The number of aromatic carboxylic acids is 1. The minimum Gasteiger partial charge on any atom is -0.508 e. The number of hydrogen-bond acceptors (Lipinski definition) is 4. The largest absolute Gasteiger partial charge is 0.508 e. The highest BCUT2D eigenvalue weighted by Crippen LogP contribution is 2.23. The number of aromatic nitrogens is 1. The minimum absolute atomic E-state index is 0.0959. The SMILES string of the molecule is Nc1c(C(=O)O)c2cc(O)ccc2[nH]c1=O. The number of nitrogens with one attached hydrogen (secondary N) is 1. The Balaban J connectivity index is 3.02. The molecule has 16 heavy (non-hydrogen) atoms. The van der Waals surface area contributed by atoms with Gasteiger partial charge in [0.2, 0.25) is 0 Å². The number of benzene rings is 1. The molecule has 1 heterocycles. The van der Waals surface area contributed by atoms with Gasteiger partial charge < -0.3 is 20.9 Å². The molecule has 6 nitrogen and oxygen atoms in total. The second kappa shape index (κ2) is 3.27. The fourth-order valence-corrected chi connectivity index (χ4v) is 1.53. The summed E-state index contributed by atoms with van der Waals surface area (Å²) in [6, 6.07) is 4.00. The summed E-state index contributed by atoms with van der Waals surface area (Å²) in [7, 11) is 0. The van der Waals surface area contributed by atoms with Crippen molar-refractivity contribution in [1.82, 2.24) is 4.98 Å². The maximum atomic E-state index is 11.3. The molecule has 6 heteroatoms. The van der Waals surface area contributed by atoms with Crippen molar-refractivity contribution in [3.05, 3.63) is 34.1 Å². The molecule has 0 radical (unpaired) electrons. The molecule has 2 rings (SSSR count). The first kappa shape index (κ1) is 10.0. The van der Waals surface area contributed by atoms with E-state index in [2.05, 4.69) is 4.98 Å². The maximum absolute atomic E-state index is 11.3. The fourth-order valence-electron chi connectivity index (χ4n) is 1.53. The van der Waals surface area contributed by atoms with Gasteiger partial charge in [0.1, 0.15) is 11.4 Å². The van der Waals surface area contributed by atoms with Crippen molar-refractivity contribution in [3.8, 4) is 5.75 Å². The number of aromatic amines is 1. The van der Waals surface area contributed by atoms with Crippen LogP contribution in [0.1, 0.15) is 10.4 Å². The predicted molar refractivity (Wildman–Crippen MR) is 57.6 cm³/mol. The molecule has 0 fully saturated rings. The molecule has 0 saturated heterocycles. The molecule has 0 bridgehead atoms. The number of phenolic OH excluding ortho intramolecular Hbond substituents is 1. The van der Waals surface area contributed by atoms with Crippen LogP contribution in [0.5, 0.6) is 5.75 Å². The van der Waals surface area contributed by atoms with E-state index >= 15 is 0 Å². The number of carboxylic acid groups (broad SMARTS) is 1. The van der Waals surface area contributed by atoms with E-state index in [0.29, 0.717) is 5.52 Å². The number of rotatable bonds is 1. The third-order valence-corrected chi connectivity index (χ3v) is 2.25. The lowest BCUT2D eigenvalue weighted by Crippen LogP contribution is -2.17. The minimum atomic E-state index is -1.31. The molecule has 0 spiro atoms. The first-order chi connectivity index (χ1) is 7.50. The van der Waals surface area contributed by atoms with Crippen LogP contribution in [0.15, 0.2) is 23.0 Å². The number of phenols is 1. The summed E-state index contributed by atoms with van der Waals surface area (Å²) >= 11 is 0. The lowest BCUT2D eigenvalue weighted by atomic mass is 10.1. The Morgan fingerprint density at radius 1 is 1.38 bits per heavy atom. The van der Waals surface area contributed by atoms with Gasteiger partial charge in [-0.3, -0.25) is 4.79 Å². The van der Waals surface area contributed by atoms with Gasteiger partial charge in [0.15, 0.2) is 0 Å². The lowest BCUT2D eigenvalue weighted by Gasteiger charge is -2.05. The number of carbonyl (C=O) groups is 1. The topological polar surface area (TPSA) is 116 Å². The summed E-state index contributed by atoms with van der Waals surface area (Å²) < 4.78 is 0. The van der Waals surface area contributed by atoms with Gasteiger partial charge in [0.25, 0.3) is 5.56 Å². The molecule has 0 aliphatic carbocycles. The van der Waals surface area contributed by atoms with Gasteiger partial charge in [0.05, 0.1) is 5.56 Å². The third kappa shape index (κ3) is 1.36. The Labute approximate surface area is 88.9 Å². The molecule has 0 amide bonds. The van der Waals surface area contributed by atoms with E-state index < -0.39 is 11.5 Å². The molecule has 5 N–H and O–H groups in total. The summed E-state index contributed by atoms with van der Waals surface area (Å²) in [5.74, 6) is -1.40. The number of pyridine rings is 1. The summed E-state index contributed by atoms with van der Waals surface area (Å²) in [5, 5.41) is 18.4. The van der Waals surface area contributed by atoms with E-state index in [0.717, 1.165) is 0 Å². The molecule has 0 aliphatic rings. The van der Waals surface area contributed by atoms with Crippen molar-refractivity contribution in [2.45, 2.75) is 0 Å². The van der Waals surface area contributed by atoms with E-state index in [-0.39, 0.29) is 22.4 Å². The van der Waals surface area contributed by atoms with Gasteiger partial charge in [0, 0.05) is 10.9 Å². The summed E-state index contributed by atoms with van der Waals surface area (Å²) in [5.41, 5.74) is 4.38. The average molecular weight is 220 g/mol. The number of fused-ring (bicyclic) bond motifs is 1. The number of carboxylic acids is 1. The van der Waals surface area contributed by atoms with Crippen LogP contribution in [-0.2, 0) is 0 Å². The monoisotopic (exact) mass is 220 g/mol. The van der Waals surface area contributed by atoms with Gasteiger partial charge >= 0.3 is 5.97 Å². The number of nitrogen functional groups attached to an aromatic ring is 1. The van der Waals surface area contributed by atoms with Crippen LogP contribution in [0, 0.1) is 0 Å². The Morgan fingerprint density at radius 3 is 2.69 bits per heavy atom. The van der Waals surface area contributed by atoms with Gasteiger partial charge in [-0.1, -0.05) is 0 Å². The van der Waals surface area contributed by atoms with E-state index in [9.17, 15) is 14.7 Å². The van der Waals surface area contributed by atoms with Crippen LogP contribution >= 0.6 is 0 Å². The molecule has 2 aromatic rings. The van der Waals surface area contributed by atoms with Gasteiger partial charge in [-0.2, -0.15) is 0 Å². The van der Waals surface area contributed by atoms with Crippen LogP contribution in [0.2, 0.25) is 0 Å². The van der Waals surface area contributed by atoms with E-state index in [1.54, 1.807) is 0 Å². The smallest absolute Gasteiger partial charge is 0.338 e. The van der Waals surface area contributed by atoms with E-state index in [1.165, 1.54) is 18.2 Å². The number of nitrogens with two attached hydrogens (primary N) is 1. The van der Waals surface area contributed by atoms with Crippen molar-refractivity contribution in [2.24, 2.45) is 0 Å². The molecule has 0 saturated carbocycles. The van der Waals surface area contributed by atoms with Crippen molar-refractivity contribution in [3.63, 3.8) is 0 Å². The van der Waals surface area contributed by atoms with Crippen LogP contribution in [0.3, 0.4) is 0 Å². The zero-order valence-corrected chi connectivity index (χ0v) is 8.02. The third-order valence-electron chi connectivity index (χ3n) is 2.25. The molecular formula is C10H8N2O4. The zero-order valence-electron chi connectivity index (χ0n) is 8.02. The molecule has 0 unspecified atom stereocenters. The molecule has 0 aliphatic heterocycles. The van der Waals surface area contributed by atoms with Crippen molar-refractivity contribution in [2.75, 3.05) is 5.73 Å². The normalized spacial score (nSPS) is 10.5. The molecule has 1 aromatic heterocycles.